The number of unbranched alkanes of at least 4 members (excludes halogenated alkanes) is 4. The molecule has 0 spiro atoms. The lowest BCUT2D eigenvalue weighted by Crippen LogP contribution is -2.40. The van der Waals surface area contributed by atoms with E-state index in [1.54, 1.807) is 0 Å². The summed E-state index contributed by atoms with van der Waals surface area (Å²) >= 11 is 0. The third-order valence-electron chi connectivity index (χ3n) is 3.68. The van der Waals surface area contributed by atoms with Crippen LogP contribution in [0.4, 0.5) is 0 Å². The summed E-state index contributed by atoms with van der Waals surface area (Å²) in [5.41, 5.74) is 3.52. The molecule has 84 valence electrons. The van der Waals surface area contributed by atoms with E-state index in [0.29, 0.717) is 11.5 Å². The third kappa shape index (κ3) is 3.58. The van der Waals surface area contributed by atoms with Crippen molar-refractivity contribution in [2.24, 2.45) is 11.3 Å². The van der Waals surface area contributed by atoms with Crippen LogP contribution in [-0.4, -0.2) is 6.04 Å². The molecular formula is C12H26N2. The number of hydrazine groups is 1. The van der Waals surface area contributed by atoms with Crippen LogP contribution in [0.5, 0.6) is 0 Å². The Morgan fingerprint density at radius 3 is 2.36 bits per heavy atom. The van der Waals surface area contributed by atoms with Crippen LogP contribution in [0.3, 0.4) is 0 Å². The van der Waals surface area contributed by atoms with Crippen molar-refractivity contribution >= 4 is 0 Å². The fourth-order valence-electron chi connectivity index (χ4n) is 2.13. The fraction of sp³-hybridized carbons (Fsp3) is 1.00. The second kappa shape index (κ2) is 5.72. The van der Waals surface area contributed by atoms with Crippen LogP contribution in [0.15, 0.2) is 0 Å². The molecule has 1 rings (SSSR count). The fourth-order valence-corrected chi connectivity index (χ4v) is 2.13. The van der Waals surface area contributed by atoms with E-state index < -0.39 is 0 Å². The normalized spacial score (nSPS) is 20.8. The minimum Gasteiger partial charge on any atom is -0.271 e. The van der Waals surface area contributed by atoms with Crippen LogP contribution >= 0.6 is 0 Å². The maximum absolute atomic E-state index is 5.59. The molecule has 0 heterocycles. The second-order valence-electron chi connectivity index (χ2n) is 5.08. The van der Waals surface area contributed by atoms with E-state index in [9.17, 15) is 0 Å². The summed E-state index contributed by atoms with van der Waals surface area (Å²) in [6.45, 7) is 4.61. The van der Waals surface area contributed by atoms with Crippen molar-refractivity contribution in [1.82, 2.24) is 5.43 Å². The molecule has 1 atom stereocenters. The molecule has 1 fully saturated rings. The van der Waals surface area contributed by atoms with Gasteiger partial charge in [-0.2, -0.15) is 0 Å². The van der Waals surface area contributed by atoms with Crippen molar-refractivity contribution in [2.45, 2.75) is 71.3 Å². The first-order valence-corrected chi connectivity index (χ1v) is 6.19. The molecule has 0 aromatic heterocycles. The van der Waals surface area contributed by atoms with Crippen molar-refractivity contribution in [3.8, 4) is 0 Å². The van der Waals surface area contributed by atoms with Crippen LogP contribution < -0.4 is 11.3 Å². The highest BCUT2D eigenvalue weighted by Crippen LogP contribution is 2.49. The molecule has 1 saturated carbocycles. The van der Waals surface area contributed by atoms with Crippen LogP contribution in [0.2, 0.25) is 0 Å². The van der Waals surface area contributed by atoms with Crippen molar-refractivity contribution in [2.75, 3.05) is 0 Å². The molecule has 0 amide bonds. The molecule has 1 aliphatic carbocycles. The summed E-state index contributed by atoms with van der Waals surface area (Å²) in [5.74, 6) is 5.59. The number of rotatable bonds is 8. The molecule has 2 nitrogen and oxygen atoms in total. The molecule has 0 aliphatic heterocycles. The molecule has 0 radical (unpaired) electrons. The van der Waals surface area contributed by atoms with Crippen LogP contribution in [0.25, 0.3) is 0 Å². The number of hydrogen-bond donors (Lipinski definition) is 2. The monoisotopic (exact) mass is 198 g/mol. The van der Waals surface area contributed by atoms with Crippen molar-refractivity contribution in [1.29, 1.82) is 0 Å². The first-order valence-electron chi connectivity index (χ1n) is 6.19. The Hall–Kier alpha value is -0.0800. The number of nitrogens with one attached hydrogen (secondary N) is 1. The van der Waals surface area contributed by atoms with Gasteiger partial charge in [0.05, 0.1) is 0 Å². The Labute approximate surface area is 88.6 Å². The largest absolute Gasteiger partial charge is 0.271 e. The van der Waals surface area contributed by atoms with Gasteiger partial charge < -0.3 is 0 Å². The Morgan fingerprint density at radius 1 is 1.21 bits per heavy atom. The summed E-state index contributed by atoms with van der Waals surface area (Å²) in [6, 6.07) is 0.559. The van der Waals surface area contributed by atoms with Gasteiger partial charge in [0.15, 0.2) is 0 Å². The summed E-state index contributed by atoms with van der Waals surface area (Å²) in [4.78, 5) is 0. The van der Waals surface area contributed by atoms with Gasteiger partial charge in [-0.05, 0) is 24.7 Å². The van der Waals surface area contributed by atoms with Gasteiger partial charge in [-0.1, -0.05) is 46.0 Å². The van der Waals surface area contributed by atoms with Crippen LogP contribution in [0, 0.1) is 5.41 Å². The minimum absolute atomic E-state index is 0.527. The van der Waals surface area contributed by atoms with Gasteiger partial charge in [0.2, 0.25) is 0 Å². The van der Waals surface area contributed by atoms with E-state index in [2.05, 4.69) is 19.3 Å². The van der Waals surface area contributed by atoms with E-state index in [4.69, 9.17) is 5.84 Å². The maximum Gasteiger partial charge on any atom is 0.0264 e. The quantitative estimate of drug-likeness (QED) is 0.357. The molecule has 0 aromatic rings. The Morgan fingerprint density at radius 2 is 1.86 bits per heavy atom. The molecule has 0 saturated heterocycles. The van der Waals surface area contributed by atoms with Gasteiger partial charge in [-0.3, -0.25) is 11.3 Å². The van der Waals surface area contributed by atoms with E-state index >= 15 is 0 Å². The first kappa shape index (κ1) is 12.0. The van der Waals surface area contributed by atoms with Gasteiger partial charge in [-0.25, -0.2) is 0 Å². The van der Waals surface area contributed by atoms with Gasteiger partial charge in [-0.15, -0.1) is 0 Å². The van der Waals surface area contributed by atoms with Gasteiger partial charge in [0.1, 0.15) is 0 Å². The van der Waals surface area contributed by atoms with E-state index in [1.807, 2.05) is 0 Å². The number of hydrogen-bond acceptors (Lipinski definition) is 2. The predicted octanol–water partition coefficient (Wildman–Crippen LogP) is 2.98. The van der Waals surface area contributed by atoms with Gasteiger partial charge >= 0.3 is 0 Å². The summed E-state index contributed by atoms with van der Waals surface area (Å²) in [6.07, 6.45) is 10.8. The molecule has 3 N–H and O–H groups in total. The highest BCUT2D eigenvalue weighted by Gasteiger charge is 2.43. The smallest absolute Gasteiger partial charge is 0.0264 e. The molecule has 1 unspecified atom stereocenters. The minimum atomic E-state index is 0.527. The first-order chi connectivity index (χ1) is 6.73. The van der Waals surface area contributed by atoms with Crippen LogP contribution in [-0.2, 0) is 0 Å². The summed E-state index contributed by atoms with van der Waals surface area (Å²) in [7, 11) is 0. The molecule has 2 heteroatoms. The molecular weight excluding hydrogens is 172 g/mol. The number of nitrogens with two attached hydrogens (primary N) is 1. The zero-order valence-electron chi connectivity index (χ0n) is 9.81. The third-order valence-corrected chi connectivity index (χ3v) is 3.68. The lowest BCUT2D eigenvalue weighted by atomic mass is 9.94. The van der Waals surface area contributed by atoms with E-state index in [0.717, 1.165) is 0 Å². The maximum atomic E-state index is 5.59. The van der Waals surface area contributed by atoms with Gasteiger partial charge in [0, 0.05) is 6.04 Å². The van der Waals surface area contributed by atoms with E-state index in [-0.39, 0.29) is 0 Å². The molecule has 0 bridgehead atoms. The Kier molecular flexibility index (Phi) is 4.90. The zero-order chi connectivity index (χ0) is 10.4. The molecule has 0 aromatic carbocycles. The predicted molar refractivity (Wildman–Crippen MR) is 61.8 cm³/mol. The lowest BCUT2D eigenvalue weighted by molar-refractivity contribution is 0.331. The molecule has 14 heavy (non-hydrogen) atoms. The zero-order valence-corrected chi connectivity index (χ0v) is 9.81. The summed E-state index contributed by atoms with van der Waals surface area (Å²) < 4.78 is 0. The van der Waals surface area contributed by atoms with Gasteiger partial charge in [0.25, 0.3) is 0 Å². The van der Waals surface area contributed by atoms with E-state index in [1.165, 1.54) is 51.4 Å². The SMILES string of the molecule is CCCCCCCC(NN)C1(C)CC1. The van der Waals surface area contributed by atoms with Crippen LogP contribution in [0.1, 0.15) is 65.2 Å². The second-order valence-corrected chi connectivity index (χ2v) is 5.08. The standard InChI is InChI=1S/C12H26N2/c1-3-4-5-6-7-8-11(14-13)12(2)9-10-12/h11,14H,3-10,13H2,1-2H3. The molecule has 1 aliphatic rings. The van der Waals surface area contributed by atoms with Crippen molar-refractivity contribution < 1.29 is 0 Å². The lowest BCUT2D eigenvalue weighted by Gasteiger charge is -2.22. The van der Waals surface area contributed by atoms with Crippen molar-refractivity contribution in [3.05, 3.63) is 0 Å². The Balaban J connectivity index is 2.03. The Bertz CT molecular complexity index is 152. The average Bonchev–Trinajstić information content (AvgIpc) is 2.91. The average molecular weight is 198 g/mol. The summed E-state index contributed by atoms with van der Waals surface area (Å²) in [5, 5.41) is 0. The topological polar surface area (TPSA) is 38.0 Å². The highest BCUT2D eigenvalue weighted by molar-refractivity contribution is 4.97. The van der Waals surface area contributed by atoms with Crippen molar-refractivity contribution in [3.63, 3.8) is 0 Å². The highest BCUT2D eigenvalue weighted by atomic mass is 15.2.